The number of hydrogen-bond acceptors (Lipinski definition) is 2. The predicted molar refractivity (Wildman–Crippen MR) is 87.6 cm³/mol. The molecule has 0 saturated carbocycles. The van der Waals surface area contributed by atoms with E-state index in [1.807, 2.05) is 34.9 Å². The Morgan fingerprint density at radius 2 is 2.05 bits per heavy atom. The normalized spacial score (nSPS) is 10.9. The standard InChI is InChI=1S/C14H10BrIN2O/c1-19-13-6-9(2-4-11(13)15)12-8-18-7-10(16)3-5-14(18)17-12/h2-8H,1H3. The molecular weight excluding hydrogens is 419 g/mol. The summed E-state index contributed by atoms with van der Waals surface area (Å²) >= 11 is 5.75. The van der Waals surface area contributed by atoms with Crippen LogP contribution in [-0.2, 0) is 0 Å². The smallest absolute Gasteiger partial charge is 0.137 e. The molecule has 0 aliphatic heterocycles. The molecule has 0 fully saturated rings. The van der Waals surface area contributed by atoms with Gasteiger partial charge in [0.2, 0.25) is 0 Å². The van der Waals surface area contributed by atoms with Crippen molar-refractivity contribution in [1.82, 2.24) is 9.38 Å². The molecule has 0 radical (unpaired) electrons. The summed E-state index contributed by atoms with van der Waals surface area (Å²) in [6.45, 7) is 0. The molecule has 96 valence electrons. The number of aromatic nitrogens is 2. The van der Waals surface area contributed by atoms with Crippen LogP contribution in [0.25, 0.3) is 16.9 Å². The Bertz CT molecular complexity index is 754. The van der Waals surface area contributed by atoms with E-state index in [9.17, 15) is 0 Å². The maximum atomic E-state index is 5.32. The largest absolute Gasteiger partial charge is 0.496 e. The maximum absolute atomic E-state index is 5.32. The summed E-state index contributed by atoms with van der Waals surface area (Å²) in [5.41, 5.74) is 2.92. The van der Waals surface area contributed by atoms with Crippen molar-refractivity contribution in [3.63, 3.8) is 0 Å². The number of ether oxygens (including phenoxy) is 1. The zero-order chi connectivity index (χ0) is 13.4. The van der Waals surface area contributed by atoms with E-state index in [-0.39, 0.29) is 0 Å². The minimum Gasteiger partial charge on any atom is -0.496 e. The molecule has 3 rings (SSSR count). The number of rotatable bonds is 2. The molecule has 0 atom stereocenters. The van der Waals surface area contributed by atoms with Gasteiger partial charge in [-0.3, -0.25) is 0 Å². The second-order valence-electron chi connectivity index (χ2n) is 4.09. The van der Waals surface area contributed by atoms with Crippen molar-refractivity contribution in [3.05, 3.63) is 50.8 Å². The van der Waals surface area contributed by atoms with Gasteiger partial charge in [0.1, 0.15) is 11.4 Å². The number of nitrogens with zero attached hydrogens (tertiary/aromatic N) is 2. The molecule has 0 bridgehead atoms. The number of imidazole rings is 1. The van der Waals surface area contributed by atoms with Crippen molar-refractivity contribution < 1.29 is 4.74 Å². The van der Waals surface area contributed by atoms with Gasteiger partial charge in [-0.25, -0.2) is 4.98 Å². The summed E-state index contributed by atoms with van der Waals surface area (Å²) in [7, 11) is 1.66. The van der Waals surface area contributed by atoms with E-state index in [1.54, 1.807) is 7.11 Å². The predicted octanol–water partition coefficient (Wildman–Crippen LogP) is 4.38. The summed E-state index contributed by atoms with van der Waals surface area (Å²) in [5.74, 6) is 0.809. The molecular formula is C14H10BrIN2O. The van der Waals surface area contributed by atoms with Crippen LogP contribution in [0.15, 0.2) is 47.2 Å². The molecule has 0 spiro atoms. The molecule has 2 heterocycles. The highest BCUT2D eigenvalue weighted by atomic mass is 127. The molecule has 5 heteroatoms. The molecule has 0 aliphatic rings. The minimum absolute atomic E-state index is 0.809. The van der Waals surface area contributed by atoms with Crippen LogP contribution in [0.3, 0.4) is 0 Å². The molecule has 3 aromatic rings. The highest BCUT2D eigenvalue weighted by Gasteiger charge is 2.07. The number of halogens is 2. The number of pyridine rings is 1. The third-order valence-electron chi connectivity index (χ3n) is 2.86. The lowest BCUT2D eigenvalue weighted by molar-refractivity contribution is 0.412. The summed E-state index contributed by atoms with van der Waals surface area (Å²) in [5, 5.41) is 0. The lowest BCUT2D eigenvalue weighted by Gasteiger charge is -2.04. The van der Waals surface area contributed by atoms with E-state index < -0.39 is 0 Å². The SMILES string of the molecule is COc1cc(-c2cn3cc(I)ccc3n2)ccc1Br. The molecule has 2 aromatic heterocycles. The van der Waals surface area contributed by atoms with Crippen molar-refractivity contribution in [3.8, 4) is 17.0 Å². The molecule has 0 aliphatic carbocycles. The van der Waals surface area contributed by atoms with Gasteiger partial charge in [-0.05, 0) is 62.8 Å². The number of benzene rings is 1. The Balaban J connectivity index is 2.13. The van der Waals surface area contributed by atoms with Crippen molar-refractivity contribution in [2.75, 3.05) is 7.11 Å². The Morgan fingerprint density at radius 3 is 2.84 bits per heavy atom. The Morgan fingerprint density at radius 1 is 1.21 bits per heavy atom. The quantitative estimate of drug-likeness (QED) is 0.566. The van der Waals surface area contributed by atoms with E-state index in [0.717, 1.165) is 27.1 Å². The molecule has 0 amide bonds. The van der Waals surface area contributed by atoms with Crippen LogP contribution in [-0.4, -0.2) is 16.5 Å². The summed E-state index contributed by atoms with van der Waals surface area (Å²) in [4.78, 5) is 4.62. The van der Waals surface area contributed by atoms with Crippen LogP contribution in [0.4, 0.5) is 0 Å². The Labute approximate surface area is 132 Å². The van der Waals surface area contributed by atoms with Gasteiger partial charge >= 0.3 is 0 Å². The van der Waals surface area contributed by atoms with E-state index in [1.165, 1.54) is 3.57 Å². The Kier molecular flexibility index (Phi) is 3.49. The van der Waals surface area contributed by atoms with Gasteiger partial charge in [0.05, 0.1) is 17.3 Å². The number of hydrogen-bond donors (Lipinski definition) is 0. The first kappa shape index (κ1) is 12.9. The van der Waals surface area contributed by atoms with Crippen LogP contribution in [0.2, 0.25) is 0 Å². The van der Waals surface area contributed by atoms with Crippen LogP contribution in [0.1, 0.15) is 0 Å². The zero-order valence-electron chi connectivity index (χ0n) is 10.1. The Hall–Kier alpha value is -1.08. The summed E-state index contributed by atoms with van der Waals surface area (Å²) in [6.07, 6.45) is 4.09. The van der Waals surface area contributed by atoms with E-state index in [2.05, 4.69) is 55.8 Å². The zero-order valence-corrected chi connectivity index (χ0v) is 13.8. The first-order valence-electron chi connectivity index (χ1n) is 5.65. The molecule has 0 N–H and O–H groups in total. The lowest BCUT2D eigenvalue weighted by Crippen LogP contribution is -1.85. The van der Waals surface area contributed by atoms with Crippen LogP contribution in [0, 0.1) is 3.57 Å². The van der Waals surface area contributed by atoms with Gasteiger partial charge in [-0.2, -0.15) is 0 Å². The second-order valence-corrected chi connectivity index (χ2v) is 6.19. The van der Waals surface area contributed by atoms with E-state index in [0.29, 0.717) is 0 Å². The fourth-order valence-corrected chi connectivity index (χ4v) is 2.81. The fourth-order valence-electron chi connectivity index (χ4n) is 1.92. The van der Waals surface area contributed by atoms with Crippen LogP contribution in [0.5, 0.6) is 5.75 Å². The first-order chi connectivity index (χ1) is 9.17. The first-order valence-corrected chi connectivity index (χ1v) is 7.53. The summed E-state index contributed by atoms with van der Waals surface area (Å²) in [6, 6.07) is 10.0. The molecule has 1 aromatic carbocycles. The van der Waals surface area contributed by atoms with Crippen molar-refractivity contribution in [1.29, 1.82) is 0 Å². The van der Waals surface area contributed by atoms with Crippen molar-refractivity contribution in [2.45, 2.75) is 0 Å². The van der Waals surface area contributed by atoms with Crippen molar-refractivity contribution in [2.24, 2.45) is 0 Å². The van der Waals surface area contributed by atoms with Crippen molar-refractivity contribution >= 4 is 44.2 Å². The number of fused-ring (bicyclic) bond motifs is 1. The molecule has 3 nitrogen and oxygen atoms in total. The highest BCUT2D eigenvalue weighted by Crippen LogP contribution is 2.30. The fraction of sp³-hybridized carbons (Fsp3) is 0.0714. The van der Waals surface area contributed by atoms with Gasteiger partial charge < -0.3 is 9.14 Å². The lowest BCUT2D eigenvalue weighted by atomic mass is 10.1. The summed E-state index contributed by atoms with van der Waals surface area (Å²) < 4.78 is 9.48. The minimum atomic E-state index is 0.809. The highest BCUT2D eigenvalue weighted by molar-refractivity contribution is 14.1. The topological polar surface area (TPSA) is 26.5 Å². The third-order valence-corrected chi connectivity index (χ3v) is 4.16. The third kappa shape index (κ3) is 2.49. The molecule has 0 unspecified atom stereocenters. The van der Waals surface area contributed by atoms with Crippen LogP contribution >= 0.6 is 38.5 Å². The van der Waals surface area contributed by atoms with E-state index >= 15 is 0 Å². The maximum Gasteiger partial charge on any atom is 0.137 e. The number of methoxy groups -OCH3 is 1. The van der Waals surface area contributed by atoms with Gasteiger partial charge in [0.15, 0.2) is 0 Å². The average Bonchev–Trinajstić information content (AvgIpc) is 2.82. The second kappa shape index (κ2) is 5.13. The molecule has 19 heavy (non-hydrogen) atoms. The van der Waals surface area contributed by atoms with Gasteiger partial charge in [-0.1, -0.05) is 6.07 Å². The average molecular weight is 429 g/mol. The van der Waals surface area contributed by atoms with Crippen LogP contribution < -0.4 is 4.74 Å². The van der Waals surface area contributed by atoms with E-state index in [4.69, 9.17) is 4.74 Å². The van der Waals surface area contributed by atoms with Gasteiger partial charge in [-0.15, -0.1) is 0 Å². The molecule has 0 saturated heterocycles. The monoisotopic (exact) mass is 428 g/mol. The van der Waals surface area contributed by atoms with Gasteiger partial charge in [0, 0.05) is 21.5 Å². The van der Waals surface area contributed by atoms with Gasteiger partial charge in [0.25, 0.3) is 0 Å².